The number of rotatable bonds is 7. The molecule has 0 spiro atoms. The van der Waals surface area contributed by atoms with Gasteiger partial charge in [-0.05, 0) is 43.2 Å². The Balaban J connectivity index is 1.72. The molecule has 0 aliphatic heterocycles. The molecule has 1 aliphatic carbocycles. The zero-order valence-electron chi connectivity index (χ0n) is 12.6. The fraction of sp³-hybridized carbons (Fsp3) is 0.562. The first-order valence-corrected chi connectivity index (χ1v) is 8.59. The van der Waals surface area contributed by atoms with Crippen LogP contribution in [-0.4, -0.2) is 24.0 Å². The minimum Gasteiger partial charge on any atom is -0.495 e. The Morgan fingerprint density at radius 2 is 2.19 bits per heavy atom. The van der Waals surface area contributed by atoms with Gasteiger partial charge in [-0.25, -0.2) is 0 Å². The van der Waals surface area contributed by atoms with Crippen molar-refractivity contribution in [1.29, 1.82) is 0 Å². The van der Waals surface area contributed by atoms with E-state index in [1.165, 1.54) is 25.7 Å². The number of anilines is 2. The molecular weight excluding hydrogens is 284 g/mol. The molecule has 4 nitrogen and oxygen atoms in total. The van der Waals surface area contributed by atoms with Gasteiger partial charge in [0.05, 0.1) is 12.8 Å². The molecule has 3 N–H and O–H groups in total. The van der Waals surface area contributed by atoms with Crippen molar-refractivity contribution in [2.45, 2.75) is 43.8 Å². The number of nitrogens with two attached hydrogens (primary N) is 1. The number of hydrogen-bond acceptors (Lipinski definition) is 4. The summed E-state index contributed by atoms with van der Waals surface area (Å²) in [6.07, 6.45) is 6.88. The van der Waals surface area contributed by atoms with Gasteiger partial charge in [-0.3, -0.25) is 4.79 Å². The van der Waals surface area contributed by atoms with E-state index >= 15 is 0 Å². The van der Waals surface area contributed by atoms with E-state index in [1.807, 2.05) is 11.8 Å². The summed E-state index contributed by atoms with van der Waals surface area (Å²) in [7, 11) is 1.58. The van der Waals surface area contributed by atoms with E-state index in [0.29, 0.717) is 23.5 Å². The Kier molecular flexibility index (Phi) is 6.23. The molecule has 0 heterocycles. The van der Waals surface area contributed by atoms with Crippen LogP contribution in [0.15, 0.2) is 18.2 Å². The summed E-state index contributed by atoms with van der Waals surface area (Å²) in [5.41, 5.74) is 7.00. The molecule has 0 aromatic heterocycles. The van der Waals surface area contributed by atoms with Gasteiger partial charge in [0, 0.05) is 17.4 Å². The van der Waals surface area contributed by atoms with Crippen LogP contribution in [0.4, 0.5) is 11.4 Å². The summed E-state index contributed by atoms with van der Waals surface area (Å²) < 4.78 is 5.22. The lowest BCUT2D eigenvalue weighted by Gasteiger charge is -2.11. The third-order valence-corrected chi connectivity index (χ3v) is 5.17. The Morgan fingerprint density at radius 3 is 2.90 bits per heavy atom. The van der Waals surface area contributed by atoms with Crippen molar-refractivity contribution in [2.75, 3.05) is 23.9 Å². The van der Waals surface area contributed by atoms with E-state index in [2.05, 4.69) is 5.32 Å². The lowest BCUT2D eigenvalue weighted by atomic mass is 10.2. The minimum absolute atomic E-state index is 0.0194. The minimum atomic E-state index is 0.0194. The number of nitrogens with one attached hydrogen (secondary N) is 1. The highest BCUT2D eigenvalue weighted by atomic mass is 32.2. The fourth-order valence-electron chi connectivity index (χ4n) is 2.57. The number of benzene rings is 1. The quantitative estimate of drug-likeness (QED) is 0.596. The Labute approximate surface area is 130 Å². The van der Waals surface area contributed by atoms with Gasteiger partial charge in [0.15, 0.2) is 0 Å². The second-order valence-corrected chi connectivity index (χ2v) is 6.80. The number of nitrogen functional groups attached to an aromatic ring is 1. The number of methoxy groups -OCH3 is 1. The largest absolute Gasteiger partial charge is 0.495 e. The molecule has 0 saturated heterocycles. The van der Waals surface area contributed by atoms with Crippen molar-refractivity contribution in [1.82, 2.24) is 0 Å². The molecule has 21 heavy (non-hydrogen) atoms. The summed E-state index contributed by atoms with van der Waals surface area (Å²) >= 11 is 2.02. The first-order valence-electron chi connectivity index (χ1n) is 7.54. The van der Waals surface area contributed by atoms with Gasteiger partial charge in [0.2, 0.25) is 5.91 Å². The van der Waals surface area contributed by atoms with Crippen LogP contribution in [-0.2, 0) is 4.79 Å². The SMILES string of the molecule is COc1ccc(N)cc1NC(=O)CCCSC1CCCC1. The van der Waals surface area contributed by atoms with Gasteiger partial charge in [0.1, 0.15) is 5.75 Å². The molecule has 1 aromatic rings. The van der Waals surface area contributed by atoms with Crippen LogP contribution in [0.5, 0.6) is 5.75 Å². The van der Waals surface area contributed by atoms with E-state index in [9.17, 15) is 4.79 Å². The molecule has 1 amide bonds. The molecular formula is C16H24N2O2S. The number of ether oxygens (including phenoxy) is 1. The van der Waals surface area contributed by atoms with Gasteiger partial charge < -0.3 is 15.8 Å². The van der Waals surface area contributed by atoms with Crippen LogP contribution >= 0.6 is 11.8 Å². The standard InChI is InChI=1S/C16H24N2O2S/c1-20-15-9-8-12(17)11-14(15)18-16(19)7-4-10-21-13-5-2-3-6-13/h8-9,11,13H,2-7,10,17H2,1H3,(H,18,19). The Hall–Kier alpha value is -1.36. The Bertz CT molecular complexity index is 473. The maximum absolute atomic E-state index is 12.0. The number of thioether (sulfide) groups is 1. The van der Waals surface area contributed by atoms with E-state index < -0.39 is 0 Å². The zero-order chi connectivity index (χ0) is 15.1. The average Bonchev–Trinajstić information content (AvgIpc) is 2.97. The summed E-state index contributed by atoms with van der Waals surface area (Å²) in [5.74, 6) is 1.72. The van der Waals surface area contributed by atoms with Crippen LogP contribution in [0, 0.1) is 0 Å². The van der Waals surface area contributed by atoms with Crippen molar-refractivity contribution in [2.24, 2.45) is 0 Å². The third kappa shape index (κ3) is 5.16. The van der Waals surface area contributed by atoms with E-state index in [-0.39, 0.29) is 5.91 Å². The molecule has 1 saturated carbocycles. The summed E-state index contributed by atoms with van der Waals surface area (Å²) in [5, 5.41) is 3.70. The molecule has 0 radical (unpaired) electrons. The van der Waals surface area contributed by atoms with Gasteiger partial charge in [0.25, 0.3) is 0 Å². The second kappa shape index (κ2) is 8.17. The first kappa shape index (κ1) is 16.0. The molecule has 5 heteroatoms. The maximum atomic E-state index is 12.0. The second-order valence-electron chi connectivity index (χ2n) is 5.39. The van der Waals surface area contributed by atoms with Crippen LogP contribution in [0.3, 0.4) is 0 Å². The first-order chi connectivity index (χ1) is 10.2. The van der Waals surface area contributed by atoms with E-state index in [4.69, 9.17) is 10.5 Å². The van der Waals surface area contributed by atoms with Crippen molar-refractivity contribution < 1.29 is 9.53 Å². The molecule has 1 aliphatic rings. The van der Waals surface area contributed by atoms with E-state index in [0.717, 1.165) is 17.4 Å². The molecule has 1 fully saturated rings. The number of amides is 1. The van der Waals surface area contributed by atoms with Crippen molar-refractivity contribution in [3.8, 4) is 5.75 Å². The lowest BCUT2D eigenvalue weighted by Crippen LogP contribution is -2.12. The van der Waals surface area contributed by atoms with E-state index in [1.54, 1.807) is 25.3 Å². The van der Waals surface area contributed by atoms with Gasteiger partial charge >= 0.3 is 0 Å². The highest BCUT2D eigenvalue weighted by molar-refractivity contribution is 7.99. The predicted molar refractivity (Wildman–Crippen MR) is 90.0 cm³/mol. The number of hydrogen-bond donors (Lipinski definition) is 2. The highest BCUT2D eigenvalue weighted by Gasteiger charge is 2.15. The third-order valence-electron chi connectivity index (χ3n) is 3.70. The summed E-state index contributed by atoms with van der Waals surface area (Å²) in [4.78, 5) is 12.0. The monoisotopic (exact) mass is 308 g/mol. The van der Waals surface area contributed by atoms with Crippen molar-refractivity contribution in [3.05, 3.63) is 18.2 Å². The summed E-state index contributed by atoms with van der Waals surface area (Å²) in [6, 6.07) is 5.25. The molecule has 0 bridgehead atoms. The zero-order valence-corrected chi connectivity index (χ0v) is 13.4. The van der Waals surface area contributed by atoms with Crippen LogP contribution in [0.1, 0.15) is 38.5 Å². The summed E-state index contributed by atoms with van der Waals surface area (Å²) in [6.45, 7) is 0. The van der Waals surface area contributed by atoms with Crippen molar-refractivity contribution >= 4 is 29.0 Å². The molecule has 2 rings (SSSR count). The smallest absolute Gasteiger partial charge is 0.224 e. The van der Waals surface area contributed by atoms with Crippen molar-refractivity contribution in [3.63, 3.8) is 0 Å². The number of carbonyl (C=O) groups excluding carboxylic acids is 1. The molecule has 0 atom stereocenters. The molecule has 1 aromatic carbocycles. The van der Waals surface area contributed by atoms with Crippen LogP contribution < -0.4 is 15.8 Å². The predicted octanol–water partition coefficient (Wildman–Crippen LogP) is 3.67. The average molecular weight is 308 g/mol. The molecule has 116 valence electrons. The van der Waals surface area contributed by atoms with Gasteiger partial charge in [-0.2, -0.15) is 11.8 Å². The fourth-order valence-corrected chi connectivity index (χ4v) is 3.88. The lowest BCUT2D eigenvalue weighted by molar-refractivity contribution is -0.116. The maximum Gasteiger partial charge on any atom is 0.224 e. The van der Waals surface area contributed by atoms with Crippen LogP contribution in [0.2, 0.25) is 0 Å². The van der Waals surface area contributed by atoms with Crippen LogP contribution in [0.25, 0.3) is 0 Å². The van der Waals surface area contributed by atoms with Gasteiger partial charge in [-0.15, -0.1) is 0 Å². The van der Waals surface area contributed by atoms with Gasteiger partial charge in [-0.1, -0.05) is 12.8 Å². The Morgan fingerprint density at radius 1 is 1.43 bits per heavy atom. The molecule has 0 unspecified atom stereocenters. The normalized spacial score (nSPS) is 15.1. The highest BCUT2D eigenvalue weighted by Crippen LogP contribution is 2.30. The number of carbonyl (C=O) groups is 1. The topological polar surface area (TPSA) is 64.3 Å².